The highest BCUT2D eigenvalue weighted by molar-refractivity contribution is 6.36. The minimum atomic E-state index is 0.164. The third kappa shape index (κ3) is 3.05. The van der Waals surface area contributed by atoms with Gasteiger partial charge in [-0.1, -0.05) is 40.9 Å². The molecule has 0 spiro atoms. The number of benzene rings is 2. The minimum absolute atomic E-state index is 0.164. The van der Waals surface area contributed by atoms with Gasteiger partial charge in [-0.15, -0.1) is 0 Å². The Balaban J connectivity index is 1.89. The number of halogens is 3. The average Bonchev–Trinajstić information content (AvgIpc) is 3.02. The van der Waals surface area contributed by atoms with Gasteiger partial charge >= 0.3 is 0 Å². The van der Waals surface area contributed by atoms with Crippen molar-refractivity contribution in [2.45, 2.75) is 25.8 Å². The van der Waals surface area contributed by atoms with Gasteiger partial charge in [0, 0.05) is 24.7 Å². The maximum Gasteiger partial charge on any atom is 0.211 e. The first-order valence-electron chi connectivity index (χ1n) is 8.61. The molecule has 1 N–H and O–H groups in total. The highest BCUT2D eigenvalue weighted by Gasteiger charge is 2.26. The lowest BCUT2D eigenvalue weighted by Crippen LogP contribution is -2.28. The summed E-state index contributed by atoms with van der Waals surface area (Å²) >= 11 is 18.9. The highest BCUT2D eigenvalue weighted by atomic mass is 35.5. The van der Waals surface area contributed by atoms with Gasteiger partial charge in [-0.25, -0.2) is 4.98 Å². The molecule has 0 saturated carbocycles. The second-order valence-electron chi connectivity index (χ2n) is 6.40. The standard InChI is InChI=1S/C19H18Cl3N3O/c20-13-5-7-16(15(22)11-13)24-8-2-9-25-18-12(3-1-10-26)4-6-14(21)17(18)23-19(24)25/h4-7,11,26H,1-3,8-10H2. The summed E-state index contributed by atoms with van der Waals surface area (Å²) in [6.45, 7) is 1.87. The number of aryl methyl sites for hydroxylation is 2. The van der Waals surface area contributed by atoms with Crippen molar-refractivity contribution in [2.24, 2.45) is 0 Å². The fourth-order valence-corrected chi connectivity index (χ4v) is 4.27. The van der Waals surface area contributed by atoms with E-state index in [9.17, 15) is 5.11 Å². The first-order valence-corrected chi connectivity index (χ1v) is 9.74. The number of nitrogens with zero attached hydrogens (tertiary/aromatic N) is 3. The number of imidazole rings is 1. The molecule has 0 atom stereocenters. The van der Waals surface area contributed by atoms with Gasteiger partial charge in [-0.05, 0) is 49.1 Å². The monoisotopic (exact) mass is 409 g/mol. The first-order chi connectivity index (χ1) is 12.6. The van der Waals surface area contributed by atoms with Crippen molar-refractivity contribution in [3.05, 3.63) is 51.0 Å². The Bertz CT molecular complexity index is 970. The molecule has 0 fully saturated rings. The lowest BCUT2D eigenvalue weighted by atomic mass is 10.1. The summed E-state index contributed by atoms with van der Waals surface area (Å²) in [5.74, 6) is 0.842. The zero-order valence-electron chi connectivity index (χ0n) is 14.1. The van der Waals surface area contributed by atoms with E-state index in [-0.39, 0.29) is 6.61 Å². The molecule has 0 radical (unpaired) electrons. The van der Waals surface area contributed by atoms with Gasteiger partial charge in [0.1, 0.15) is 5.52 Å². The van der Waals surface area contributed by atoms with Crippen molar-refractivity contribution >= 4 is 57.5 Å². The molecule has 4 nitrogen and oxygen atoms in total. The third-order valence-corrected chi connectivity index (χ3v) is 5.56. The van der Waals surface area contributed by atoms with Gasteiger partial charge in [0.15, 0.2) is 0 Å². The SMILES string of the molecule is OCCCc1ccc(Cl)c2nc3n(c12)CCCN3c1ccc(Cl)cc1Cl. The number of aliphatic hydroxyl groups is 1. The van der Waals surface area contributed by atoms with E-state index in [1.807, 2.05) is 24.3 Å². The molecule has 1 aliphatic rings. The van der Waals surface area contributed by atoms with Gasteiger partial charge in [-0.3, -0.25) is 0 Å². The van der Waals surface area contributed by atoms with Crippen LogP contribution in [0.1, 0.15) is 18.4 Å². The molecule has 26 heavy (non-hydrogen) atoms. The summed E-state index contributed by atoms with van der Waals surface area (Å²) < 4.78 is 2.21. The molecule has 7 heteroatoms. The molecular weight excluding hydrogens is 393 g/mol. The van der Waals surface area contributed by atoms with E-state index in [1.54, 1.807) is 6.07 Å². The maximum atomic E-state index is 9.20. The minimum Gasteiger partial charge on any atom is -0.396 e. The summed E-state index contributed by atoms with van der Waals surface area (Å²) in [6.07, 6.45) is 2.48. The molecule has 2 aromatic carbocycles. The summed E-state index contributed by atoms with van der Waals surface area (Å²) in [7, 11) is 0. The van der Waals surface area contributed by atoms with Crippen LogP contribution >= 0.6 is 34.8 Å². The fourth-order valence-electron chi connectivity index (χ4n) is 3.57. The molecule has 3 aromatic rings. The van der Waals surface area contributed by atoms with Crippen LogP contribution in [0.3, 0.4) is 0 Å². The van der Waals surface area contributed by atoms with Crippen molar-refractivity contribution < 1.29 is 5.11 Å². The number of anilines is 2. The number of aromatic nitrogens is 2. The number of fused-ring (bicyclic) bond motifs is 3. The normalized spacial score (nSPS) is 14.1. The molecule has 1 aromatic heterocycles. The molecule has 0 saturated heterocycles. The number of aliphatic hydroxyl groups excluding tert-OH is 1. The van der Waals surface area contributed by atoms with Crippen LogP contribution in [-0.2, 0) is 13.0 Å². The molecule has 4 rings (SSSR count). The lowest BCUT2D eigenvalue weighted by molar-refractivity contribution is 0.288. The van der Waals surface area contributed by atoms with Crippen molar-refractivity contribution in [3.63, 3.8) is 0 Å². The van der Waals surface area contributed by atoms with Crippen LogP contribution in [0.2, 0.25) is 15.1 Å². The van der Waals surface area contributed by atoms with Crippen molar-refractivity contribution in [1.82, 2.24) is 9.55 Å². The van der Waals surface area contributed by atoms with E-state index in [4.69, 9.17) is 39.8 Å². The Kier molecular flexibility index (Phi) is 5.02. The van der Waals surface area contributed by atoms with E-state index < -0.39 is 0 Å². The predicted octanol–water partition coefficient (Wildman–Crippen LogP) is 5.46. The quantitative estimate of drug-likeness (QED) is 0.620. The second-order valence-corrected chi connectivity index (χ2v) is 7.65. The number of hydrogen-bond acceptors (Lipinski definition) is 3. The third-order valence-electron chi connectivity index (χ3n) is 4.72. The van der Waals surface area contributed by atoms with Crippen LogP contribution < -0.4 is 4.90 Å². The van der Waals surface area contributed by atoms with E-state index in [1.165, 1.54) is 0 Å². The maximum absolute atomic E-state index is 9.20. The molecular formula is C19H18Cl3N3O. The largest absolute Gasteiger partial charge is 0.396 e. The van der Waals surface area contributed by atoms with Crippen molar-refractivity contribution in [2.75, 3.05) is 18.1 Å². The van der Waals surface area contributed by atoms with Gasteiger partial charge < -0.3 is 14.6 Å². The van der Waals surface area contributed by atoms with Crippen LogP contribution in [0.15, 0.2) is 30.3 Å². The van der Waals surface area contributed by atoms with Crippen molar-refractivity contribution in [1.29, 1.82) is 0 Å². The van der Waals surface area contributed by atoms with Crippen LogP contribution in [0.5, 0.6) is 0 Å². The Morgan fingerprint density at radius 2 is 1.88 bits per heavy atom. The Labute approximate surface area is 166 Å². The summed E-state index contributed by atoms with van der Waals surface area (Å²) in [6, 6.07) is 9.43. The predicted molar refractivity (Wildman–Crippen MR) is 108 cm³/mol. The lowest BCUT2D eigenvalue weighted by Gasteiger charge is -2.30. The van der Waals surface area contributed by atoms with E-state index in [0.717, 1.165) is 54.2 Å². The molecule has 0 amide bonds. The van der Waals surface area contributed by atoms with Crippen molar-refractivity contribution in [3.8, 4) is 0 Å². The van der Waals surface area contributed by atoms with Crippen LogP contribution in [-0.4, -0.2) is 27.8 Å². The average molecular weight is 411 g/mol. The van der Waals surface area contributed by atoms with E-state index in [0.29, 0.717) is 21.5 Å². The van der Waals surface area contributed by atoms with Crippen LogP contribution in [0, 0.1) is 0 Å². The summed E-state index contributed by atoms with van der Waals surface area (Å²) in [5, 5.41) is 11.1. The zero-order valence-corrected chi connectivity index (χ0v) is 16.3. The van der Waals surface area contributed by atoms with Gasteiger partial charge in [0.2, 0.25) is 5.95 Å². The Hall–Kier alpha value is -1.46. The van der Waals surface area contributed by atoms with Gasteiger partial charge in [-0.2, -0.15) is 0 Å². The zero-order chi connectivity index (χ0) is 18.3. The van der Waals surface area contributed by atoms with Gasteiger partial charge in [0.05, 0.1) is 21.2 Å². The topological polar surface area (TPSA) is 41.3 Å². The number of rotatable bonds is 4. The summed E-state index contributed by atoms with van der Waals surface area (Å²) in [5.41, 5.74) is 3.89. The van der Waals surface area contributed by atoms with Gasteiger partial charge in [0.25, 0.3) is 0 Å². The molecule has 0 bridgehead atoms. The second kappa shape index (κ2) is 7.28. The van der Waals surface area contributed by atoms with Crippen LogP contribution in [0.4, 0.5) is 11.6 Å². The Morgan fingerprint density at radius 1 is 1.04 bits per heavy atom. The summed E-state index contributed by atoms with van der Waals surface area (Å²) in [4.78, 5) is 6.97. The molecule has 2 heterocycles. The molecule has 1 aliphatic heterocycles. The highest BCUT2D eigenvalue weighted by Crippen LogP contribution is 2.39. The first kappa shape index (κ1) is 17.9. The fraction of sp³-hybridized carbons (Fsp3) is 0.316. The number of hydrogen-bond donors (Lipinski definition) is 1. The van der Waals surface area contributed by atoms with E-state index in [2.05, 4.69) is 9.47 Å². The molecule has 0 unspecified atom stereocenters. The van der Waals surface area contributed by atoms with E-state index >= 15 is 0 Å². The molecule has 136 valence electrons. The van der Waals surface area contributed by atoms with Crippen LogP contribution in [0.25, 0.3) is 11.0 Å². The molecule has 0 aliphatic carbocycles. The Morgan fingerprint density at radius 3 is 2.65 bits per heavy atom. The smallest absolute Gasteiger partial charge is 0.211 e.